The van der Waals surface area contributed by atoms with Gasteiger partial charge in [-0.15, -0.1) is 0 Å². The van der Waals surface area contributed by atoms with Crippen molar-refractivity contribution in [1.29, 1.82) is 0 Å². The van der Waals surface area contributed by atoms with E-state index in [1.54, 1.807) is 14.2 Å². The maximum atomic E-state index is 6.01. The van der Waals surface area contributed by atoms with Gasteiger partial charge in [-0.2, -0.15) is 0 Å². The van der Waals surface area contributed by atoms with Gasteiger partial charge in [0.25, 0.3) is 0 Å². The zero-order valence-electron chi connectivity index (χ0n) is 13.6. The van der Waals surface area contributed by atoms with E-state index in [2.05, 4.69) is 13.0 Å². The van der Waals surface area contributed by atoms with E-state index in [-0.39, 0.29) is 6.10 Å². The summed E-state index contributed by atoms with van der Waals surface area (Å²) in [5.74, 6) is 1.77. The second kappa shape index (κ2) is 8.28. The van der Waals surface area contributed by atoms with Gasteiger partial charge in [0.15, 0.2) is 0 Å². The molecule has 21 heavy (non-hydrogen) atoms. The molecule has 2 rings (SSSR count). The Bertz CT molecular complexity index is 425. The fourth-order valence-corrected chi connectivity index (χ4v) is 3.07. The molecule has 1 atom stereocenters. The number of benzene rings is 1. The van der Waals surface area contributed by atoms with Crippen LogP contribution in [0.2, 0.25) is 0 Å². The quantitative estimate of drug-likeness (QED) is 0.651. The van der Waals surface area contributed by atoms with Crippen LogP contribution >= 0.6 is 0 Å². The van der Waals surface area contributed by atoms with E-state index in [0.29, 0.717) is 0 Å². The molecule has 0 saturated heterocycles. The van der Waals surface area contributed by atoms with Crippen LogP contribution in [0, 0.1) is 0 Å². The largest absolute Gasteiger partial charge is 0.497 e. The lowest BCUT2D eigenvalue weighted by atomic mass is 9.92. The van der Waals surface area contributed by atoms with E-state index >= 15 is 0 Å². The first-order valence-electron chi connectivity index (χ1n) is 8.16. The lowest BCUT2D eigenvalue weighted by Crippen LogP contribution is -2.17. The summed E-state index contributed by atoms with van der Waals surface area (Å²) in [4.78, 5) is 0. The standard InChI is InChI=1S/C18H28O3/c1-4-5-6-7-8-9-16-18-14(10-11-21-16)12-15(19-2)13-17(18)20-3/h12-13,16H,4-11H2,1-3H3. The first kappa shape index (κ1) is 16.2. The molecule has 0 saturated carbocycles. The van der Waals surface area contributed by atoms with E-state index < -0.39 is 0 Å². The molecule has 0 aliphatic carbocycles. The van der Waals surface area contributed by atoms with E-state index in [0.717, 1.165) is 30.9 Å². The highest BCUT2D eigenvalue weighted by molar-refractivity contribution is 5.48. The summed E-state index contributed by atoms with van der Waals surface area (Å²) in [6.45, 7) is 3.04. The van der Waals surface area contributed by atoms with Crippen LogP contribution in [0.25, 0.3) is 0 Å². The lowest BCUT2D eigenvalue weighted by molar-refractivity contribution is 0.0328. The Labute approximate surface area is 128 Å². The van der Waals surface area contributed by atoms with E-state index in [1.807, 2.05) is 6.07 Å². The molecule has 1 unspecified atom stereocenters. The van der Waals surface area contributed by atoms with Gasteiger partial charge in [0.05, 0.1) is 26.9 Å². The fourth-order valence-electron chi connectivity index (χ4n) is 3.07. The van der Waals surface area contributed by atoms with Gasteiger partial charge in [-0.1, -0.05) is 39.0 Å². The van der Waals surface area contributed by atoms with Crippen LogP contribution in [0.4, 0.5) is 0 Å². The van der Waals surface area contributed by atoms with Crippen molar-refractivity contribution in [2.75, 3.05) is 20.8 Å². The average molecular weight is 292 g/mol. The van der Waals surface area contributed by atoms with Crippen molar-refractivity contribution in [3.05, 3.63) is 23.3 Å². The highest BCUT2D eigenvalue weighted by atomic mass is 16.5. The SMILES string of the molecule is CCCCCCCC1OCCc2cc(OC)cc(OC)c21. The van der Waals surface area contributed by atoms with Crippen LogP contribution in [0.15, 0.2) is 12.1 Å². The van der Waals surface area contributed by atoms with E-state index in [9.17, 15) is 0 Å². The van der Waals surface area contributed by atoms with Gasteiger partial charge < -0.3 is 14.2 Å². The molecular formula is C18H28O3. The monoisotopic (exact) mass is 292 g/mol. The number of fused-ring (bicyclic) bond motifs is 1. The minimum atomic E-state index is 0.177. The number of unbranched alkanes of at least 4 members (excludes halogenated alkanes) is 4. The highest BCUT2D eigenvalue weighted by Crippen LogP contribution is 2.40. The smallest absolute Gasteiger partial charge is 0.128 e. The molecular weight excluding hydrogens is 264 g/mol. The van der Waals surface area contributed by atoms with Crippen molar-refractivity contribution in [3.63, 3.8) is 0 Å². The number of hydrogen-bond donors (Lipinski definition) is 0. The van der Waals surface area contributed by atoms with E-state index in [4.69, 9.17) is 14.2 Å². The Morgan fingerprint density at radius 2 is 1.90 bits per heavy atom. The maximum Gasteiger partial charge on any atom is 0.128 e. The lowest BCUT2D eigenvalue weighted by Gasteiger charge is -2.28. The van der Waals surface area contributed by atoms with Gasteiger partial charge in [0, 0.05) is 11.6 Å². The van der Waals surface area contributed by atoms with Crippen LogP contribution in [-0.2, 0) is 11.2 Å². The Morgan fingerprint density at radius 1 is 1.10 bits per heavy atom. The predicted molar refractivity (Wildman–Crippen MR) is 85.3 cm³/mol. The van der Waals surface area contributed by atoms with Gasteiger partial charge in [-0.3, -0.25) is 0 Å². The van der Waals surface area contributed by atoms with Crippen molar-refractivity contribution >= 4 is 0 Å². The second-order valence-corrected chi connectivity index (χ2v) is 5.71. The molecule has 0 bridgehead atoms. The first-order valence-corrected chi connectivity index (χ1v) is 8.16. The van der Waals surface area contributed by atoms with Crippen molar-refractivity contribution in [3.8, 4) is 11.5 Å². The molecule has 0 spiro atoms. The minimum absolute atomic E-state index is 0.177. The minimum Gasteiger partial charge on any atom is -0.497 e. The third-order valence-electron chi connectivity index (χ3n) is 4.24. The number of rotatable bonds is 8. The third kappa shape index (κ3) is 4.13. The number of ether oxygens (including phenoxy) is 3. The van der Waals surface area contributed by atoms with Gasteiger partial charge in [0.1, 0.15) is 11.5 Å². The zero-order chi connectivity index (χ0) is 15.1. The van der Waals surface area contributed by atoms with Crippen molar-refractivity contribution < 1.29 is 14.2 Å². The zero-order valence-corrected chi connectivity index (χ0v) is 13.6. The first-order chi connectivity index (χ1) is 10.3. The molecule has 118 valence electrons. The van der Waals surface area contributed by atoms with Crippen LogP contribution in [0.1, 0.15) is 62.7 Å². The van der Waals surface area contributed by atoms with Crippen molar-refractivity contribution in [1.82, 2.24) is 0 Å². The maximum absolute atomic E-state index is 6.01. The summed E-state index contributed by atoms with van der Waals surface area (Å²) in [6.07, 6.45) is 8.67. The summed E-state index contributed by atoms with van der Waals surface area (Å²) in [7, 11) is 3.42. The summed E-state index contributed by atoms with van der Waals surface area (Å²) < 4.78 is 16.9. The Morgan fingerprint density at radius 3 is 2.62 bits per heavy atom. The molecule has 0 radical (unpaired) electrons. The normalized spacial score (nSPS) is 17.4. The van der Waals surface area contributed by atoms with Gasteiger partial charge in [-0.05, 0) is 24.5 Å². The van der Waals surface area contributed by atoms with Crippen molar-refractivity contribution in [2.45, 2.75) is 58.0 Å². The third-order valence-corrected chi connectivity index (χ3v) is 4.24. The molecule has 0 N–H and O–H groups in total. The van der Waals surface area contributed by atoms with Crippen LogP contribution < -0.4 is 9.47 Å². The highest BCUT2D eigenvalue weighted by Gasteiger charge is 2.25. The molecule has 0 fully saturated rings. The Balaban J connectivity index is 2.07. The van der Waals surface area contributed by atoms with Crippen LogP contribution in [-0.4, -0.2) is 20.8 Å². The van der Waals surface area contributed by atoms with Crippen LogP contribution in [0.5, 0.6) is 11.5 Å². The van der Waals surface area contributed by atoms with E-state index in [1.165, 1.54) is 43.2 Å². The molecule has 3 nitrogen and oxygen atoms in total. The molecule has 3 heteroatoms. The molecule has 0 amide bonds. The van der Waals surface area contributed by atoms with Gasteiger partial charge >= 0.3 is 0 Å². The molecule has 1 aromatic carbocycles. The van der Waals surface area contributed by atoms with Gasteiger partial charge in [0.2, 0.25) is 0 Å². The summed E-state index contributed by atoms with van der Waals surface area (Å²) in [5.41, 5.74) is 2.55. The topological polar surface area (TPSA) is 27.7 Å². The average Bonchev–Trinajstić information content (AvgIpc) is 2.53. The molecule has 0 aromatic heterocycles. The summed E-state index contributed by atoms with van der Waals surface area (Å²) in [6, 6.07) is 4.10. The second-order valence-electron chi connectivity index (χ2n) is 5.71. The molecule has 1 aliphatic rings. The van der Waals surface area contributed by atoms with Crippen molar-refractivity contribution in [2.24, 2.45) is 0 Å². The number of hydrogen-bond acceptors (Lipinski definition) is 3. The summed E-state index contributed by atoms with van der Waals surface area (Å²) >= 11 is 0. The molecule has 1 heterocycles. The molecule has 1 aliphatic heterocycles. The summed E-state index contributed by atoms with van der Waals surface area (Å²) in [5, 5.41) is 0. The fraction of sp³-hybridized carbons (Fsp3) is 0.667. The number of methoxy groups -OCH3 is 2. The Hall–Kier alpha value is -1.22. The predicted octanol–water partition coefficient (Wildman–Crippen LogP) is 4.68. The van der Waals surface area contributed by atoms with Crippen LogP contribution in [0.3, 0.4) is 0 Å². The van der Waals surface area contributed by atoms with Gasteiger partial charge in [-0.25, -0.2) is 0 Å². The Kier molecular flexibility index (Phi) is 6.37. The molecule has 1 aromatic rings.